The van der Waals surface area contributed by atoms with Gasteiger partial charge in [0.2, 0.25) is 0 Å². The van der Waals surface area contributed by atoms with Crippen molar-refractivity contribution < 1.29 is 9.53 Å². The van der Waals surface area contributed by atoms with Gasteiger partial charge >= 0.3 is 5.97 Å². The number of benzene rings is 3. The number of aryl methyl sites for hydroxylation is 1. The maximum absolute atomic E-state index is 14.2. The number of rotatable bonds is 6. The summed E-state index contributed by atoms with van der Waals surface area (Å²) < 4.78 is 9.73. The van der Waals surface area contributed by atoms with Crippen LogP contribution in [0.15, 0.2) is 100 Å². The van der Waals surface area contributed by atoms with Crippen LogP contribution in [0, 0.1) is 13.8 Å². The lowest BCUT2D eigenvalue weighted by Gasteiger charge is -2.25. The second-order valence-electron chi connectivity index (χ2n) is 10.1. The van der Waals surface area contributed by atoms with E-state index in [1.807, 2.05) is 98.8 Å². The normalized spacial score (nSPS) is 14.9. The summed E-state index contributed by atoms with van der Waals surface area (Å²) in [5.74, 6) is -0.501. The maximum Gasteiger partial charge on any atom is 0.338 e. The van der Waals surface area contributed by atoms with E-state index in [0.717, 1.165) is 33.8 Å². The van der Waals surface area contributed by atoms with E-state index in [-0.39, 0.29) is 12.2 Å². The summed E-state index contributed by atoms with van der Waals surface area (Å²) in [5.41, 5.74) is 5.85. The van der Waals surface area contributed by atoms with E-state index in [0.29, 0.717) is 30.6 Å². The molecule has 5 aromatic rings. The molecule has 0 amide bonds. The molecule has 3 aromatic carbocycles. The summed E-state index contributed by atoms with van der Waals surface area (Å²) in [6.07, 6.45) is 1.89. The third-order valence-electron chi connectivity index (χ3n) is 7.41. The van der Waals surface area contributed by atoms with Crippen LogP contribution in [0.3, 0.4) is 0 Å². The number of fused-ring (bicyclic) bond motifs is 1. The van der Waals surface area contributed by atoms with E-state index in [2.05, 4.69) is 4.57 Å². The highest BCUT2D eigenvalue weighted by Gasteiger charge is 2.35. The minimum absolute atomic E-state index is 0.199. The fraction of sp³-hybridized carbons (Fsp3) is 0.147. The first-order chi connectivity index (χ1) is 20.8. The number of carbonyl (C=O) groups excluding carboxylic acids is 1. The lowest BCUT2D eigenvalue weighted by molar-refractivity contribution is -0.138. The molecule has 0 N–H and O–H groups in total. The zero-order valence-electron chi connectivity index (χ0n) is 23.7. The minimum atomic E-state index is -0.711. The molecule has 1 atom stereocenters. The molecule has 0 radical (unpaired) electrons. The number of esters is 1. The number of nitrogens with zero attached hydrogens (tertiary/aromatic N) is 3. The molecule has 0 unspecified atom stereocenters. The fourth-order valence-corrected chi connectivity index (χ4v) is 6.77. The number of hydrogen-bond donors (Lipinski definition) is 0. The zero-order chi connectivity index (χ0) is 30.2. The van der Waals surface area contributed by atoms with Gasteiger partial charge in [-0.2, -0.15) is 0 Å². The first kappa shape index (κ1) is 28.9. The average molecular weight is 629 g/mol. The third kappa shape index (κ3) is 5.29. The van der Waals surface area contributed by atoms with Crippen molar-refractivity contribution >= 4 is 52.3 Å². The van der Waals surface area contributed by atoms with Crippen LogP contribution in [0.2, 0.25) is 10.0 Å². The van der Waals surface area contributed by atoms with Crippen molar-refractivity contribution in [2.75, 3.05) is 6.61 Å². The van der Waals surface area contributed by atoms with Gasteiger partial charge in [0.15, 0.2) is 4.80 Å². The van der Waals surface area contributed by atoms with E-state index in [9.17, 15) is 9.59 Å². The Morgan fingerprint density at radius 3 is 2.35 bits per heavy atom. The van der Waals surface area contributed by atoms with E-state index in [1.165, 1.54) is 11.3 Å². The van der Waals surface area contributed by atoms with Crippen LogP contribution in [0.1, 0.15) is 41.0 Å². The minimum Gasteiger partial charge on any atom is -0.463 e. The van der Waals surface area contributed by atoms with E-state index in [1.54, 1.807) is 17.6 Å². The Bertz CT molecular complexity index is 2080. The Labute approximate surface area is 262 Å². The standard InChI is InChI=1S/C34H27Cl2N3O3S/c1-4-42-33(41)29-30(22-11-7-5-8-12-22)37-34-39(31(29)23-13-9-6-10-14-23)32(40)28(43-34)18-24-17-20(2)38(21(24)3)25-15-16-26(35)27(36)19-25/h5-19,31H,4H2,1-3H3/b28-18-/t31-/m0/s1. The van der Waals surface area contributed by atoms with E-state index < -0.39 is 12.0 Å². The lowest BCUT2D eigenvalue weighted by atomic mass is 9.93. The predicted octanol–water partition coefficient (Wildman–Crippen LogP) is 6.65. The number of hydrogen-bond acceptors (Lipinski definition) is 5. The van der Waals surface area contributed by atoms with Gasteiger partial charge in [-0.1, -0.05) is 95.2 Å². The van der Waals surface area contributed by atoms with Crippen LogP contribution in [-0.2, 0) is 9.53 Å². The van der Waals surface area contributed by atoms with Crippen LogP contribution in [0.25, 0.3) is 17.5 Å². The molecule has 0 bridgehead atoms. The topological polar surface area (TPSA) is 65.6 Å². The molecule has 9 heteroatoms. The molecular formula is C34H27Cl2N3O3S. The van der Waals surface area contributed by atoms with Crippen molar-refractivity contribution in [1.29, 1.82) is 0 Å². The molecule has 216 valence electrons. The first-order valence-electron chi connectivity index (χ1n) is 13.8. The predicted molar refractivity (Wildman–Crippen MR) is 173 cm³/mol. The highest BCUT2D eigenvalue weighted by Crippen LogP contribution is 2.35. The molecular weight excluding hydrogens is 601 g/mol. The molecule has 3 heterocycles. The SMILES string of the molecule is CCOC(=O)C1=C(c2ccccc2)N=c2s/c(=C\c3cc(C)n(-c4ccc(Cl)c(Cl)c4)c3C)c(=O)n2[C@H]1c1ccccc1. The van der Waals surface area contributed by atoms with Gasteiger partial charge in [0.1, 0.15) is 0 Å². The van der Waals surface area contributed by atoms with Gasteiger partial charge in [-0.15, -0.1) is 0 Å². The Morgan fingerprint density at radius 2 is 1.67 bits per heavy atom. The van der Waals surface area contributed by atoms with Crippen molar-refractivity contribution in [3.8, 4) is 5.69 Å². The molecule has 0 aliphatic carbocycles. The highest BCUT2D eigenvalue weighted by atomic mass is 35.5. The molecule has 0 fully saturated rings. The maximum atomic E-state index is 14.2. The third-order valence-corrected chi connectivity index (χ3v) is 9.13. The van der Waals surface area contributed by atoms with Gasteiger partial charge in [-0.05, 0) is 62.2 Å². The van der Waals surface area contributed by atoms with Gasteiger partial charge in [-0.3, -0.25) is 9.36 Å². The Morgan fingerprint density at radius 1 is 0.977 bits per heavy atom. The Balaban J connectivity index is 1.59. The lowest BCUT2D eigenvalue weighted by Crippen LogP contribution is -2.40. The fourth-order valence-electron chi connectivity index (χ4n) is 5.49. The molecule has 0 spiro atoms. The smallest absolute Gasteiger partial charge is 0.338 e. The Hall–Kier alpha value is -4.17. The second-order valence-corrected chi connectivity index (χ2v) is 11.9. The average Bonchev–Trinajstić information content (AvgIpc) is 3.48. The van der Waals surface area contributed by atoms with E-state index >= 15 is 0 Å². The van der Waals surface area contributed by atoms with Crippen LogP contribution >= 0.6 is 34.5 Å². The second kappa shape index (κ2) is 11.8. The number of halogens is 2. The number of carbonyl (C=O) groups is 1. The molecule has 43 heavy (non-hydrogen) atoms. The number of ether oxygens (including phenoxy) is 1. The van der Waals surface area contributed by atoms with Crippen LogP contribution in [0.5, 0.6) is 0 Å². The molecule has 0 saturated carbocycles. The van der Waals surface area contributed by atoms with Crippen molar-refractivity contribution in [3.05, 3.63) is 148 Å². The monoisotopic (exact) mass is 627 g/mol. The van der Waals surface area contributed by atoms with Crippen LogP contribution < -0.4 is 14.9 Å². The number of aromatic nitrogens is 2. The molecule has 2 aromatic heterocycles. The van der Waals surface area contributed by atoms with Crippen LogP contribution in [0.4, 0.5) is 0 Å². The molecule has 1 aliphatic rings. The zero-order valence-corrected chi connectivity index (χ0v) is 26.0. The summed E-state index contributed by atoms with van der Waals surface area (Å²) in [5, 5.41) is 0.952. The summed E-state index contributed by atoms with van der Waals surface area (Å²) in [6.45, 7) is 5.96. The van der Waals surface area contributed by atoms with Gasteiger partial charge in [0.05, 0.1) is 38.5 Å². The molecule has 0 saturated heterocycles. The summed E-state index contributed by atoms with van der Waals surface area (Å²) in [4.78, 5) is 33.2. The van der Waals surface area contributed by atoms with Gasteiger partial charge in [0.25, 0.3) is 5.56 Å². The van der Waals surface area contributed by atoms with Gasteiger partial charge in [-0.25, -0.2) is 9.79 Å². The quantitative estimate of drug-likeness (QED) is 0.198. The summed E-state index contributed by atoms with van der Waals surface area (Å²) in [7, 11) is 0. The summed E-state index contributed by atoms with van der Waals surface area (Å²) in [6, 6.07) is 25.9. The van der Waals surface area contributed by atoms with Crippen molar-refractivity contribution in [1.82, 2.24) is 9.13 Å². The first-order valence-corrected chi connectivity index (χ1v) is 15.3. The van der Waals surface area contributed by atoms with Crippen LogP contribution in [-0.4, -0.2) is 21.7 Å². The van der Waals surface area contributed by atoms with Crippen molar-refractivity contribution in [2.24, 2.45) is 4.99 Å². The Kier molecular flexibility index (Phi) is 7.97. The molecule has 6 nitrogen and oxygen atoms in total. The van der Waals surface area contributed by atoms with E-state index in [4.69, 9.17) is 32.9 Å². The van der Waals surface area contributed by atoms with Gasteiger partial charge in [0, 0.05) is 22.6 Å². The van der Waals surface area contributed by atoms with Gasteiger partial charge < -0.3 is 9.30 Å². The van der Waals surface area contributed by atoms with Crippen molar-refractivity contribution in [3.63, 3.8) is 0 Å². The van der Waals surface area contributed by atoms with Crippen molar-refractivity contribution in [2.45, 2.75) is 26.8 Å². The molecule has 1 aliphatic heterocycles. The number of thiazole rings is 1. The largest absolute Gasteiger partial charge is 0.463 e. The summed E-state index contributed by atoms with van der Waals surface area (Å²) >= 11 is 13.8. The highest BCUT2D eigenvalue weighted by molar-refractivity contribution is 7.07. The molecule has 6 rings (SSSR count).